The van der Waals surface area contributed by atoms with E-state index in [1.807, 2.05) is 11.8 Å². The summed E-state index contributed by atoms with van der Waals surface area (Å²) in [5.74, 6) is -0.234. The van der Waals surface area contributed by atoms with Crippen LogP contribution in [-0.4, -0.2) is 58.0 Å². The first-order valence-corrected chi connectivity index (χ1v) is 5.60. The van der Waals surface area contributed by atoms with Crippen molar-refractivity contribution in [3.63, 3.8) is 0 Å². The summed E-state index contributed by atoms with van der Waals surface area (Å²) in [6, 6.07) is 0. The third-order valence-corrected chi connectivity index (χ3v) is 2.48. The molecule has 90 valence electrons. The molecule has 0 saturated carbocycles. The van der Waals surface area contributed by atoms with E-state index in [0.29, 0.717) is 0 Å². The molecule has 0 aromatic heterocycles. The van der Waals surface area contributed by atoms with Crippen LogP contribution in [0.15, 0.2) is 0 Å². The minimum absolute atomic E-state index is 0. The van der Waals surface area contributed by atoms with Crippen LogP contribution in [0.1, 0.15) is 7.85 Å². The van der Waals surface area contributed by atoms with E-state index in [4.69, 9.17) is 15.3 Å². The summed E-state index contributed by atoms with van der Waals surface area (Å²) in [5.41, 5.74) is 0. The first-order chi connectivity index (χ1) is 7.04. The number of hydrogen-bond donors (Lipinski definition) is 4. The third-order valence-electron chi connectivity index (χ3n) is 1.50. The van der Waals surface area contributed by atoms with Gasteiger partial charge < -0.3 is 22.1 Å². The molecular formula is C8H16NNaO5S. The van der Waals surface area contributed by atoms with Gasteiger partial charge in [-0.15, -0.1) is 0 Å². The first kappa shape index (κ1) is 18.6. The molecule has 1 rings (SSSR count). The van der Waals surface area contributed by atoms with E-state index in [1.165, 1.54) is 24.6 Å². The van der Waals surface area contributed by atoms with Crippen LogP contribution in [0.3, 0.4) is 0 Å². The Morgan fingerprint density at radius 1 is 1.31 bits per heavy atom. The maximum Gasteiger partial charge on any atom is 1.00 e. The second kappa shape index (κ2) is 11.7. The van der Waals surface area contributed by atoms with Crippen LogP contribution in [-0.2, 0) is 9.59 Å². The van der Waals surface area contributed by atoms with Gasteiger partial charge in [0.25, 0.3) is 0 Å². The normalized spacial score (nSPS) is 16.1. The summed E-state index contributed by atoms with van der Waals surface area (Å²) in [7, 11) is 0. The largest absolute Gasteiger partial charge is 1.00 e. The monoisotopic (exact) mass is 261 g/mol. The molecule has 0 aliphatic carbocycles. The van der Waals surface area contributed by atoms with E-state index >= 15 is 0 Å². The fraction of sp³-hybridized carbons (Fsp3) is 0.750. The molecule has 0 radical (unpaired) electrons. The van der Waals surface area contributed by atoms with Gasteiger partial charge in [0.1, 0.15) is 0 Å². The van der Waals surface area contributed by atoms with Gasteiger partial charge in [-0.25, -0.2) is 4.79 Å². The smallest absolute Gasteiger partial charge is 1.00 e. The predicted octanol–water partition coefficient (Wildman–Crippen LogP) is -3.65. The number of aliphatic carboxylic acids is 2. The number of hydrogen-bond acceptors (Lipinski definition) is 5. The van der Waals surface area contributed by atoms with Crippen molar-refractivity contribution in [2.75, 3.05) is 24.6 Å². The second-order valence-electron chi connectivity index (χ2n) is 2.81. The number of aliphatic hydroxyl groups excluding tert-OH is 1. The van der Waals surface area contributed by atoms with Crippen molar-refractivity contribution in [3.8, 4) is 0 Å². The molecule has 1 saturated heterocycles. The Labute approximate surface area is 122 Å². The fourth-order valence-corrected chi connectivity index (χ4v) is 1.55. The van der Waals surface area contributed by atoms with Crippen LogP contribution in [0.25, 0.3) is 0 Å². The molecule has 1 aliphatic rings. The molecule has 0 amide bonds. The Bertz CT molecular complexity index is 207. The van der Waals surface area contributed by atoms with E-state index in [-0.39, 0.29) is 31.0 Å². The molecule has 1 atom stereocenters. The molecule has 6 nitrogen and oxygen atoms in total. The number of thioether (sulfide) groups is 1. The molecule has 1 unspecified atom stereocenters. The molecule has 8 heteroatoms. The standard InChI is InChI=1S/C4H9NS.C4H6O5.Na.H/c1-3-6-4-2-5-1;5-2(4(8)9)1-3(6)7;;/h5H,1-4H2;2,5H,1H2,(H,6,7)(H,8,9);;/q;;+1;-1. The van der Waals surface area contributed by atoms with Crippen LogP contribution in [0, 0.1) is 0 Å². The van der Waals surface area contributed by atoms with Crippen molar-refractivity contribution >= 4 is 23.7 Å². The van der Waals surface area contributed by atoms with Gasteiger partial charge in [-0.1, -0.05) is 0 Å². The molecular weight excluding hydrogens is 245 g/mol. The molecule has 1 heterocycles. The van der Waals surface area contributed by atoms with Crippen LogP contribution >= 0.6 is 11.8 Å². The van der Waals surface area contributed by atoms with Crippen molar-refractivity contribution in [3.05, 3.63) is 0 Å². The van der Waals surface area contributed by atoms with Crippen molar-refractivity contribution in [1.82, 2.24) is 5.32 Å². The van der Waals surface area contributed by atoms with Crippen molar-refractivity contribution in [2.45, 2.75) is 12.5 Å². The predicted molar refractivity (Wildman–Crippen MR) is 57.2 cm³/mol. The Morgan fingerprint density at radius 2 is 1.81 bits per heavy atom. The summed E-state index contributed by atoms with van der Waals surface area (Å²) in [6.45, 7) is 2.43. The zero-order valence-corrected chi connectivity index (χ0v) is 12.0. The summed E-state index contributed by atoms with van der Waals surface area (Å²) in [6.07, 6.45) is -2.54. The molecule has 0 spiro atoms. The molecule has 1 fully saturated rings. The van der Waals surface area contributed by atoms with Gasteiger partial charge in [0.15, 0.2) is 6.10 Å². The van der Waals surface area contributed by atoms with Gasteiger partial charge in [0.05, 0.1) is 6.42 Å². The SMILES string of the molecule is C1CSCCN1.O=C(O)CC(O)C(=O)O.[H-].[Na+]. The van der Waals surface area contributed by atoms with E-state index < -0.39 is 24.5 Å². The number of carboxylic acids is 2. The summed E-state index contributed by atoms with van der Waals surface area (Å²) >= 11 is 2.03. The molecule has 4 N–H and O–H groups in total. The van der Waals surface area contributed by atoms with Gasteiger partial charge >= 0.3 is 41.5 Å². The molecule has 0 aromatic rings. The summed E-state index contributed by atoms with van der Waals surface area (Å²) in [5, 5.41) is 27.4. The second-order valence-corrected chi connectivity index (χ2v) is 4.04. The van der Waals surface area contributed by atoms with Crippen LogP contribution in [0.2, 0.25) is 0 Å². The number of carboxylic acid groups (broad SMARTS) is 2. The van der Waals surface area contributed by atoms with Gasteiger partial charge in [0, 0.05) is 24.6 Å². The summed E-state index contributed by atoms with van der Waals surface area (Å²) in [4.78, 5) is 19.4. The van der Waals surface area contributed by atoms with Gasteiger partial charge in [-0.2, -0.15) is 11.8 Å². The first-order valence-electron chi connectivity index (χ1n) is 4.45. The van der Waals surface area contributed by atoms with Crippen molar-refractivity contribution in [2.24, 2.45) is 0 Å². The van der Waals surface area contributed by atoms with Crippen molar-refractivity contribution in [1.29, 1.82) is 0 Å². The topological polar surface area (TPSA) is 107 Å². The van der Waals surface area contributed by atoms with Crippen LogP contribution in [0.5, 0.6) is 0 Å². The van der Waals surface area contributed by atoms with Gasteiger partial charge in [-0.3, -0.25) is 4.79 Å². The molecule has 1 aliphatic heterocycles. The number of aliphatic hydroxyl groups is 1. The van der Waals surface area contributed by atoms with E-state index in [0.717, 1.165) is 0 Å². The average molecular weight is 261 g/mol. The number of rotatable bonds is 3. The number of nitrogens with one attached hydrogen (secondary N) is 1. The zero-order chi connectivity index (χ0) is 11.7. The van der Waals surface area contributed by atoms with Gasteiger partial charge in [-0.05, 0) is 0 Å². The average Bonchev–Trinajstić information content (AvgIpc) is 2.20. The van der Waals surface area contributed by atoms with Gasteiger partial charge in [0.2, 0.25) is 0 Å². The van der Waals surface area contributed by atoms with E-state index in [1.54, 1.807) is 0 Å². The summed E-state index contributed by atoms with van der Waals surface area (Å²) < 4.78 is 0. The molecule has 0 bridgehead atoms. The zero-order valence-electron chi connectivity index (χ0n) is 10.2. The van der Waals surface area contributed by atoms with E-state index in [9.17, 15) is 9.59 Å². The molecule has 0 aromatic carbocycles. The number of carbonyl (C=O) groups is 2. The third kappa shape index (κ3) is 12.3. The minimum Gasteiger partial charge on any atom is -1.00 e. The Kier molecular flexibility index (Phi) is 13.6. The maximum atomic E-state index is 9.72. The van der Waals surface area contributed by atoms with Crippen molar-refractivity contribution < 1.29 is 55.9 Å². The Morgan fingerprint density at radius 3 is 1.94 bits per heavy atom. The quantitative estimate of drug-likeness (QED) is 0.388. The Hall–Kier alpha value is 0.210. The fourth-order valence-electron chi connectivity index (χ4n) is 0.768. The minimum atomic E-state index is -1.79. The maximum absolute atomic E-state index is 9.72. The molecule has 16 heavy (non-hydrogen) atoms. The van der Waals surface area contributed by atoms with E-state index in [2.05, 4.69) is 5.32 Å². The van der Waals surface area contributed by atoms with Crippen LogP contribution in [0.4, 0.5) is 0 Å². The Balaban J connectivity index is -0.000000216. The van der Waals surface area contributed by atoms with Crippen LogP contribution < -0.4 is 34.9 Å².